The van der Waals surface area contributed by atoms with E-state index in [-0.39, 0.29) is 11.9 Å². The minimum atomic E-state index is -0.292. The first kappa shape index (κ1) is 23.9. The van der Waals surface area contributed by atoms with Gasteiger partial charge in [-0.25, -0.2) is 4.99 Å². The summed E-state index contributed by atoms with van der Waals surface area (Å²) in [6, 6.07) is 10.0. The Morgan fingerprint density at radius 3 is 2.49 bits per heavy atom. The third kappa shape index (κ3) is 4.70. The largest absolute Gasteiger partial charge is 0.493 e. The zero-order chi connectivity index (χ0) is 24.5. The van der Waals surface area contributed by atoms with Crippen molar-refractivity contribution < 1.29 is 14.3 Å². The van der Waals surface area contributed by atoms with Crippen molar-refractivity contribution in [1.82, 2.24) is 4.90 Å². The van der Waals surface area contributed by atoms with Crippen LogP contribution in [0.5, 0.6) is 11.5 Å². The van der Waals surface area contributed by atoms with Crippen LogP contribution in [0.1, 0.15) is 60.8 Å². The number of nitrogens with zero attached hydrogens (tertiary/aromatic N) is 3. The summed E-state index contributed by atoms with van der Waals surface area (Å²) in [6.45, 7) is 4.26. The lowest BCUT2D eigenvalue weighted by Crippen LogP contribution is -2.44. The van der Waals surface area contributed by atoms with Crippen molar-refractivity contribution in [2.24, 2.45) is 15.9 Å². The zero-order valence-corrected chi connectivity index (χ0v) is 21.8. The monoisotopic (exact) mass is 491 g/mol. The Balaban J connectivity index is 1.52. The van der Waals surface area contributed by atoms with Crippen molar-refractivity contribution in [2.45, 2.75) is 64.2 Å². The van der Waals surface area contributed by atoms with Crippen molar-refractivity contribution in [3.63, 3.8) is 0 Å². The number of carbonyl (C=O) groups excluding carboxylic acids is 1. The number of aryl methyl sites for hydroxylation is 2. The highest BCUT2D eigenvalue weighted by atomic mass is 32.2. The molecule has 7 heteroatoms. The van der Waals surface area contributed by atoms with Gasteiger partial charge in [0.05, 0.1) is 19.9 Å². The fraction of sp³-hybridized carbons (Fsp3) is 0.464. The molecule has 1 saturated carbocycles. The highest BCUT2D eigenvalue weighted by Gasteiger charge is 2.43. The average molecular weight is 492 g/mol. The molecule has 0 spiro atoms. The van der Waals surface area contributed by atoms with E-state index in [1.54, 1.807) is 26.0 Å². The number of amidine groups is 2. The molecule has 6 nitrogen and oxygen atoms in total. The van der Waals surface area contributed by atoms with Gasteiger partial charge in [0.15, 0.2) is 16.7 Å². The Kier molecular flexibility index (Phi) is 6.87. The summed E-state index contributed by atoms with van der Waals surface area (Å²) < 4.78 is 11.1. The van der Waals surface area contributed by atoms with E-state index in [1.165, 1.54) is 48.8 Å². The molecule has 184 valence electrons. The van der Waals surface area contributed by atoms with Crippen molar-refractivity contribution in [3.05, 3.63) is 52.6 Å². The van der Waals surface area contributed by atoms with Crippen LogP contribution < -0.4 is 9.47 Å². The summed E-state index contributed by atoms with van der Waals surface area (Å²) in [7, 11) is 3.24. The number of ether oxygens (including phenoxy) is 2. The van der Waals surface area contributed by atoms with Gasteiger partial charge in [-0.15, -0.1) is 0 Å². The van der Waals surface area contributed by atoms with E-state index in [1.807, 2.05) is 12.1 Å². The second kappa shape index (κ2) is 10.1. The van der Waals surface area contributed by atoms with Gasteiger partial charge in [-0.3, -0.25) is 9.69 Å². The molecule has 1 unspecified atom stereocenters. The van der Waals surface area contributed by atoms with Gasteiger partial charge in [0.2, 0.25) is 0 Å². The number of aliphatic imine (C=N–C) groups is 2. The lowest BCUT2D eigenvalue weighted by molar-refractivity contribution is -0.120. The van der Waals surface area contributed by atoms with Gasteiger partial charge in [0.1, 0.15) is 11.9 Å². The van der Waals surface area contributed by atoms with Crippen LogP contribution in [-0.2, 0) is 10.5 Å². The van der Waals surface area contributed by atoms with Crippen LogP contribution in [0.4, 0.5) is 5.69 Å². The Morgan fingerprint density at radius 1 is 1.00 bits per heavy atom. The minimum Gasteiger partial charge on any atom is -0.493 e. The summed E-state index contributed by atoms with van der Waals surface area (Å²) in [6.07, 6.45) is 7.02. The van der Waals surface area contributed by atoms with Gasteiger partial charge in [-0.05, 0) is 43.4 Å². The van der Waals surface area contributed by atoms with Crippen molar-refractivity contribution in [3.8, 4) is 11.5 Å². The van der Waals surface area contributed by atoms with E-state index in [9.17, 15) is 4.79 Å². The number of fused-ring (bicyclic) bond motifs is 3. The SMILES string of the molecule is COc1cc2c(cc1OC)C1=NC(=O)C(CC3CCCCC3)N1C(SCc1cc(C)ccc1C)=N2. The van der Waals surface area contributed by atoms with Gasteiger partial charge < -0.3 is 9.47 Å². The molecule has 2 heterocycles. The van der Waals surface area contributed by atoms with Crippen LogP contribution in [0.2, 0.25) is 0 Å². The fourth-order valence-corrected chi connectivity index (χ4v) is 6.46. The number of methoxy groups -OCH3 is 2. The summed E-state index contributed by atoms with van der Waals surface area (Å²) in [4.78, 5) is 25.0. The first-order valence-corrected chi connectivity index (χ1v) is 13.4. The maximum Gasteiger partial charge on any atom is 0.270 e. The molecule has 0 bridgehead atoms. The Hall–Kier alpha value is -2.80. The number of rotatable bonds is 6. The lowest BCUT2D eigenvalue weighted by atomic mass is 9.84. The van der Waals surface area contributed by atoms with Crippen molar-refractivity contribution in [1.29, 1.82) is 0 Å². The Morgan fingerprint density at radius 2 is 1.74 bits per heavy atom. The third-order valence-corrected chi connectivity index (χ3v) is 8.35. The predicted molar refractivity (Wildman–Crippen MR) is 142 cm³/mol. The van der Waals surface area contributed by atoms with Crippen LogP contribution in [0.15, 0.2) is 40.3 Å². The van der Waals surface area contributed by atoms with Crippen LogP contribution in [0, 0.1) is 19.8 Å². The molecule has 1 fully saturated rings. The summed E-state index contributed by atoms with van der Waals surface area (Å²) >= 11 is 1.68. The van der Waals surface area contributed by atoms with Crippen molar-refractivity contribution >= 4 is 34.4 Å². The molecule has 1 atom stereocenters. The van der Waals surface area contributed by atoms with E-state index < -0.39 is 0 Å². The van der Waals surface area contributed by atoms with Gasteiger partial charge >= 0.3 is 0 Å². The Bertz CT molecular complexity index is 1200. The number of hydrogen-bond donors (Lipinski definition) is 0. The highest BCUT2D eigenvalue weighted by molar-refractivity contribution is 8.13. The molecule has 0 N–H and O–H groups in total. The van der Waals surface area contributed by atoms with Crippen molar-refractivity contribution in [2.75, 3.05) is 14.2 Å². The normalized spacial score (nSPS) is 19.7. The van der Waals surface area contributed by atoms with Crippen LogP contribution in [0.25, 0.3) is 0 Å². The van der Waals surface area contributed by atoms with Gasteiger partial charge in [0, 0.05) is 17.4 Å². The van der Waals surface area contributed by atoms with Gasteiger partial charge in [-0.1, -0.05) is 67.6 Å². The zero-order valence-electron chi connectivity index (χ0n) is 21.0. The first-order chi connectivity index (χ1) is 17.0. The molecule has 0 radical (unpaired) electrons. The molecule has 2 aromatic carbocycles. The Labute approximate surface area is 211 Å². The van der Waals surface area contributed by atoms with E-state index >= 15 is 0 Å². The fourth-order valence-electron chi connectivity index (χ4n) is 5.35. The standard InChI is InChI=1S/C28H33N3O3S/c1-17-10-11-18(2)20(12-17)16-35-28-29-22-15-25(34-4)24(33-3)14-21(22)26-30-27(32)23(31(26)28)13-19-8-6-5-7-9-19/h10-12,14-15,19,23H,5-9,13,16H2,1-4H3. The third-order valence-electron chi connectivity index (χ3n) is 7.35. The lowest BCUT2D eigenvalue weighted by Gasteiger charge is -2.34. The quantitative estimate of drug-likeness (QED) is 0.483. The molecule has 1 aliphatic carbocycles. The van der Waals surface area contributed by atoms with Gasteiger partial charge in [0.25, 0.3) is 5.91 Å². The maximum atomic E-state index is 13.3. The van der Waals surface area contributed by atoms with E-state index in [4.69, 9.17) is 14.5 Å². The van der Waals surface area contributed by atoms with E-state index in [2.05, 4.69) is 41.9 Å². The smallest absolute Gasteiger partial charge is 0.270 e. The summed E-state index contributed by atoms with van der Waals surface area (Å²) in [5.41, 5.74) is 5.36. The van der Waals surface area contributed by atoms with Gasteiger partial charge in [-0.2, -0.15) is 4.99 Å². The predicted octanol–water partition coefficient (Wildman–Crippen LogP) is 6.18. The van der Waals surface area contributed by atoms with Crippen LogP contribution >= 0.6 is 11.8 Å². The molecular formula is C28H33N3O3S. The number of amides is 1. The van der Waals surface area contributed by atoms with E-state index in [0.29, 0.717) is 23.3 Å². The second-order valence-electron chi connectivity index (χ2n) is 9.74. The first-order valence-electron chi connectivity index (χ1n) is 12.4. The molecule has 3 aliphatic rings. The molecule has 2 aliphatic heterocycles. The number of benzene rings is 2. The molecule has 35 heavy (non-hydrogen) atoms. The molecule has 0 aromatic heterocycles. The molecule has 5 rings (SSSR count). The molecule has 0 saturated heterocycles. The van der Waals surface area contributed by atoms with Crippen LogP contribution in [0.3, 0.4) is 0 Å². The maximum absolute atomic E-state index is 13.3. The number of hydrogen-bond acceptors (Lipinski definition) is 6. The second-order valence-corrected chi connectivity index (χ2v) is 10.7. The minimum absolute atomic E-state index is 0.0618. The topological polar surface area (TPSA) is 63.5 Å². The van der Waals surface area contributed by atoms with Crippen LogP contribution in [-0.4, -0.2) is 42.1 Å². The van der Waals surface area contributed by atoms with E-state index in [0.717, 1.165) is 28.6 Å². The molecule has 2 aromatic rings. The molecular weight excluding hydrogens is 458 g/mol. The highest BCUT2D eigenvalue weighted by Crippen LogP contribution is 2.42. The molecule has 1 amide bonds. The summed E-state index contributed by atoms with van der Waals surface area (Å²) in [5, 5.41) is 0.830. The number of carbonyl (C=O) groups is 1. The average Bonchev–Trinajstić information content (AvgIpc) is 3.20. The summed E-state index contributed by atoms with van der Waals surface area (Å²) in [5.74, 6) is 3.19. The number of thioether (sulfide) groups is 1.